The van der Waals surface area contributed by atoms with Crippen LogP contribution in [0.3, 0.4) is 0 Å². The van der Waals surface area contributed by atoms with Crippen LogP contribution in [-0.2, 0) is 11.3 Å². The molecule has 1 fully saturated rings. The second-order valence-corrected chi connectivity index (χ2v) is 6.22. The Morgan fingerprint density at radius 1 is 1.23 bits per heavy atom. The van der Waals surface area contributed by atoms with Gasteiger partial charge in [0.05, 0.1) is 12.8 Å². The van der Waals surface area contributed by atoms with Gasteiger partial charge in [-0.1, -0.05) is 12.1 Å². The van der Waals surface area contributed by atoms with Crippen molar-refractivity contribution in [3.8, 4) is 0 Å². The molecule has 0 spiro atoms. The molecule has 2 heterocycles. The summed E-state index contributed by atoms with van der Waals surface area (Å²) in [5.74, 6) is 0.386. The number of nitrogens with zero attached hydrogens (tertiary/aromatic N) is 1. The highest BCUT2D eigenvalue weighted by atomic mass is 16.3. The molecule has 1 aliphatic heterocycles. The number of benzene rings is 1. The number of ketones is 1. The number of Topliss-reactive ketones (excluding diaryl/α,β-unsaturated/α-hetero) is 1. The predicted molar refractivity (Wildman–Crippen MR) is 95.7 cm³/mol. The van der Waals surface area contributed by atoms with Crippen LogP contribution in [0.5, 0.6) is 0 Å². The first kappa shape index (κ1) is 17.7. The quantitative estimate of drug-likeness (QED) is 0.807. The molecule has 2 aromatic rings. The minimum absolute atomic E-state index is 0.0718. The van der Waals surface area contributed by atoms with Crippen molar-refractivity contribution >= 4 is 23.4 Å². The molecule has 7 nitrogen and oxygen atoms in total. The van der Waals surface area contributed by atoms with Gasteiger partial charge in [-0.2, -0.15) is 0 Å². The van der Waals surface area contributed by atoms with Crippen LogP contribution in [0.15, 0.2) is 47.1 Å². The number of furan rings is 1. The zero-order chi connectivity index (χ0) is 18.5. The highest BCUT2D eigenvalue weighted by Crippen LogP contribution is 2.20. The molecule has 0 radical (unpaired) electrons. The highest BCUT2D eigenvalue weighted by molar-refractivity contribution is 5.97. The maximum atomic E-state index is 12.6. The first-order chi connectivity index (χ1) is 12.5. The number of urea groups is 1. The Kier molecular flexibility index (Phi) is 5.36. The molecule has 136 valence electrons. The lowest BCUT2D eigenvalue weighted by Crippen LogP contribution is -2.47. The molecule has 2 N–H and O–H groups in total. The second-order valence-electron chi connectivity index (χ2n) is 6.22. The molecule has 7 heteroatoms. The fourth-order valence-corrected chi connectivity index (χ4v) is 3.00. The Hall–Kier alpha value is -3.09. The van der Waals surface area contributed by atoms with E-state index in [9.17, 15) is 14.4 Å². The minimum atomic E-state index is -0.513. The van der Waals surface area contributed by atoms with Gasteiger partial charge in [-0.25, -0.2) is 4.79 Å². The molecule has 0 bridgehead atoms. The summed E-state index contributed by atoms with van der Waals surface area (Å²) in [5.41, 5.74) is 1.06. The number of hydrogen-bond donors (Lipinski definition) is 2. The zero-order valence-corrected chi connectivity index (χ0v) is 14.5. The number of amides is 3. The maximum Gasteiger partial charge on any atom is 0.322 e. The number of rotatable bonds is 5. The van der Waals surface area contributed by atoms with Crippen molar-refractivity contribution in [2.24, 2.45) is 0 Å². The van der Waals surface area contributed by atoms with E-state index < -0.39 is 6.04 Å². The molecule has 0 unspecified atom stereocenters. The van der Waals surface area contributed by atoms with Crippen molar-refractivity contribution < 1.29 is 18.8 Å². The van der Waals surface area contributed by atoms with Gasteiger partial charge in [-0.05, 0) is 44.0 Å². The van der Waals surface area contributed by atoms with E-state index in [1.54, 1.807) is 42.7 Å². The van der Waals surface area contributed by atoms with E-state index in [-0.39, 0.29) is 17.7 Å². The molecule has 0 aliphatic carbocycles. The molecular weight excluding hydrogens is 334 g/mol. The van der Waals surface area contributed by atoms with Gasteiger partial charge >= 0.3 is 6.03 Å². The highest BCUT2D eigenvalue weighted by Gasteiger charge is 2.34. The Balaban J connectivity index is 1.61. The predicted octanol–water partition coefficient (Wildman–Crippen LogP) is 2.79. The Morgan fingerprint density at radius 2 is 2.08 bits per heavy atom. The van der Waals surface area contributed by atoms with E-state index in [0.29, 0.717) is 36.5 Å². The first-order valence-corrected chi connectivity index (χ1v) is 8.53. The van der Waals surface area contributed by atoms with Crippen LogP contribution >= 0.6 is 0 Å². The van der Waals surface area contributed by atoms with E-state index in [1.807, 2.05) is 0 Å². The van der Waals surface area contributed by atoms with Gasteiger partial charge < -0.3 is 20.0 Å². The summed E-state index contributed by atoms with van der Waals surface area (Å²) in [6.07, 6.45) is 2.93. The third-order valence-electron chi connectivity index (χ3n) is 4.35. The Labute approximate surface area is 151 Å². The maximum absolute atomic E-state index is 12.6. The second kappa shape index (κ2) is 7.86. The Bertz CT molecular complexity index is 801. The van der Waals surface area contributed by atoms with Crippen molar-refractivity contribution in [1.29, 1.82) is 0 Å². The molecule has 1 aliphatic rings. The SMILES string of the molecule is CC(=O)c1cccc(NC(=O)N2CCC[C@H]2C(=O)NCc2ccco2)c1. The fraction of sp³-hybridized carbons (Fsp3) is 0.316. The van der Waals surface area contributed by atoms with Crippen LogP contribution in [0.2, 0.25) is 0 Å². The smallest absolute Gasteiger partial charge is 0.322 e. The number of hydrogen-bond acceptors (Lipinski definition) is 4. The summed E-state index contributed by atoms with van der Waals surface area (Å²) < 4.78 is 5.20. The first-order valence-electron chi connectivity index (χ1n) is 8.53. The molecular formula is C19H21N3O4. The van der Waals surface area contributed by atoms with Crippen molar-refractivity contribution in [3.63, 3.8) is 0 Å². The molecule has 3 amide bonds. The topological polar surface area (TPSA) is 91.7 Å². The zero-order valence-electron chi connectivity index (χ0n) is 14.5. The summed E-state index contributed by atoms with van der Waals surface area (Å²) in [4.78, 5) is 38.0. The average Bonchev–Trinajstić information content (AvgIpc) is 3.31. The fourth-order valence-electron chi connectivity index (χ4n) is 3.00. The molecule has 26 heavy (non-hydrogen) atoms. The summed E-state index contributed by atoms with van der Waals surface area (Å²) in [6.45, 7) is 2.27. The Morgan fingerprint density at radius 3 is 2.81 bits per heavy atom. The van der Waals surface area contributed by atoms with Gasteiger partial charge in [0.25, 0.3) is 0 Å². The lowest BCUT2D eigenvalue weighted by molar-refractivity contribution is -0.124. The van der Waals surface area contributed by atoms with E-state index in [1.165, 1.54) is 11.8 Å². The van der Waals surface area contributed by atoms with Gasteiger partial charge in [-0.3, -0.25) is 9.59 Å². The van der Waals surface area contributed by atoms with Crippen molar-refractivity contribution in [1.82, 2.24) is 10.2 Å². The number of anilines is 1. The van der Waals surface area contributed by atoms with Crippen LogP contribution in [0, 0.1) is 0 Å². The summed E-state index contributed by atoms with van der Waals surface area (Å²) in [6, 6.07) is 9.42. The number of nitrogens with one attached hydrogen (secondary N) is 2. The average molecular weight is 355 g/mol. The van der Waals surface area contributed by atoms with Crippen LogP contribution in [0.25, 0.3) is 0 Å². The third-order valence-corrected chi connectivity index (χ3v) is 4.35. The van der Waals surface area contributed by atoms with Crippen LogP contribution < -0.4 is 10.6 Å². The largest absolute Gasteiger partial charge is 0.467 e. The molecule has 1 atom stereocenters. The van der Waals surface area contributed by atoms with Crippen molar-refractivity contribution in [2.75, 3.05) is 11.9 Å². The van der Waals surface area contributed by atoms with Gasteiger partial charge in [0.2, 0.25) is 5.91 Å². The monoisotopic (exact) mass is 355 g/mol. The summed E-state index contributed by atoms with van der Waals surface area (Å²) in [5, 5.41) is 5.57. The molecule has 1 aromatic heterocycles. The van der Waals surface area contributed by atoms with Crippen molar-refractivity contribution in [3.05, 3.63) is 54.0 Å². The van der Waals surface area contributed by atoms with E-state index in [4.69, 9.17) is 4.42 Å². The molecule has 0 saturated carbocycles. The molecule has 3 rings (SSSR count). The number of carbonyl (C=O) groups is 3. The normalized spacial score (nSPS) is 16.3. The van der Waals surface area contributed by atoms with Crippen LogP contribution in [0.4, 0.5) is 10.5 Å². The lowest BCUT2D eigenvalue weighted by atomic mass is 10.1. The van der Waals surface area contributed by atoms with Crippen LogP contribution in [-0.4, -0.2) is 35.2 Å². The number of likely N-dealkylation sites (tertiary alicyclic amines) is 1. The number of carbonyl (C=O) groups excluding carboxylic acids is 3. The van der Waals surface area contributed by atoms with Gasteiger partial charge in [-0.15, -0.1) is 0 Å². The van der Waals surface area contributed by atoms with E-state index >= 15 is 0 Å². The van der Waals surface area contributed by atoms with E-state index in [0.717, 1.165) is 6.42 Å². The van der Waals surface area contributed by atoms with Crippen molar-refractivity contribution in [2.45, 2.75) is 32.4 Å². The summed E-state index contributed by atoms with van der Waals surface area (Å²) >= 11 is 0. The standard InChI is InChI=1S/C19H21N3O4/c1-13(23)14-5-2-6-15(11-14)21-19(25)22-9-3-8-17(22)18(24)20-12-16-7-4-10-26-16/h2,4-7,10-11,17H,3,8-9,12H2,1H3,(H,20,24)(H,21,25)/t17-/m0/s1. The lowest BCUT2D eigenvalue weighted by Gasteiger charge is -2.24. The van der Waals surface area contributed by atoms with Crippen LogP contribution in [0.1, 0.15) is 35.9 Å². The minimum Gasteiger partial charge on any atom is -0.467 e. The molecule has 1 aromatic carbocycles. The van der Waals surface area contributed by atoms with Gasteiger partial charge in [0.1, 0.15) is 11.8 Å². The summed E-state index contributed by atoms with van der Waals surface area (Å²) in [7, 11) is 0. The van der Waals surface area contributed by atoms with Gasteiger partial charge in [0.15, 0.2) is 5.78 Å². The van der Waals surface area contributed by atoms with E-state index in [2.05, 4.69) is 10.6 Å². The molecule has 1 saturated heterocycles. The van der Waals surface area contributed by atoms with Gasteiger partial charge in [0, 0.05) is 17.8 Å². The third kappa shape index (κ3) is 4.11.